The number of sulfonamides is 1. The summed E-state index contributed by atoms with van der Waals surface area (Å²) in [5, 5.41) is 11.3. The van der Waals surface area contributed by atoms with E-state index in [4.69, 9.17) is 8.83 Å². The molecule has 3 heterocycles. The van der Waals surface area contributed by atoms with Crippen molar-refractivity contribution >= 4 is 44.1 Å². The first-order chi connectivity index (χ1) is 26.5. The molecule has 0 radical (unpaired) electrons. The Morgan fingerprint density at radius 1 is 0.891 bits per heavy atom. The topological polar surface area (TPSA) is 139 Å². The molecule has 1 N–H and O–H groups in total. The number of nitrogens with zero attached hydrogens (tertiary/aromatic N) is 4. The van der Waals surface area contributed by atoms with Crippen molar-refractivity contribution in [2.45, 2.75) is 19.8 Å². The monoisotopic (exact) mass is 765 g/mol. The van der Waals surface area contributed by atoms with Crippen LogP contribution in [0.5, 0.6) is 0 Å². The number of carbonyl (C=O) groups excluding carboxylic acids is 2. The number of hydrogen-bond acceptors (Lipinski definition) is 8. The number of alkyl halides is 1. The highest BCUT2D eigenvalue weighted by atomic mass is 32.2. The number of nitrogens with one attached hydrogen (secondary N) is 1. The molecule has 282 valence electrons. The van der Waals surface area contributed by atoms with Crippen LogP contribution in [-0.4, -0.2) is 74.9 Å². The van der Waals surface area contributed by atoms with E-state index in [9.17, 15) is 26.8 Å². The van der Waals surface area contributed by atoms with E-state index in [2.05, 4.69) is 15.5 Å². The Morgan fingerprint density at radius 2 is 1.60 bits per heavy atom. The van der Waals surface area contributed by atoms with Crippen molar-refractivity contribution in [2.24, 2.45) is 0 Å². The van der Waals surface area contributed by atoms with Gasteiger partial charge in [-0.2, -0.15) is 0 Å². The predicted molar refractivity (Wildman–Crippen MR) is 205 cm³/mol. The molecule has 2 aromatic heterocycles. The Balaban J connectivity index is 1.29. The van der Waals surface area contributed by atoms with Gasteiger partial charge in [-0.25, -0.2) is 17.2 Å². The third-order valence-electron chi connectivity index (χ3n) is 9.55. The zero-order chi connectivity index (χ0) is 38.9. The summed E-state index contributed by atoms with van der Waals surface area (Å²) < 4.78 is 67.0. The van der Waals surface area contributed by atoms with Crippen LogP contribution < -0.4 is 9.62 Å². The van der Waals surface area contributed by atoms with Crippen LogP contribution >= 0.6 is 0 Å². The number of fused-ring (bicyclic) bond motifs is 1. The lowest BCUT2D eigenvalue weighted by molar-refractivity contribution is 0.0743. The number of likely N-dealkylation sites (tertiary alicyclic amines) is 1. The molecule has 0 bridgehead atoms. The number of carbonyl (C=O) groups is 2. The molecule has 0 unspecified atom stereocenters. The number of aromatic nitrogens is 2. The van der Waals surface area contributed by atoms with Crippen LogP contribution in [0.4, 0.5) is 14.5 Å². The zero-order valence-electron chi connectivity index (χ0n) is 30.3. The summed E-state index contributed by atoms with van der Waals surface area (Å²) in [6.07, 6.45) is 2.12. The maximum atomic E-state index is 14.1. The minimum atomic E-state index is -4.02. The Labute approximate surface area is 316 Å². The minimum absolute atomic E-state index is 0.0950. The van der Waals surface area contributed by atoms with Gasteiger partial charge in [-0.05, 0) is 66.4 Å². The van der Waals surface area contributed by atoms with Crippen molar-refractivity contribution in [1.82, 2.24) is 20.4 Å². The molecule has 14 heteroatoms. The second-order valence-corrected chi connectivity index (χ2v) is 15.0. The van der Waals surface area contributed by atoms with E-state index >= 15 is 0 Å². The van der Waals surface area contributed by atoms with E-state index in [0.717, 1.165) is 27.3 Å². The SMILES string of the molecule is CNC(=O)c1c(-c2ccc(F)cc2)oc2cc(N(CCF)S(C)(=O)=O)c(-c3cccc(C(=O)N4CCC(=C(c5ccccc5)c5nnc(C)o5)CC4)c3)cc12. The average Bonchev–Trinajstić information content (AvgIpc) is 3.79. The maximum absolute atomic E-state index is 14.1. The van der Waals surface area contributed by atoms with E-state index in [0.29, 0.717) is 65.4 Å². The fourth-order valence-corrected chi connectivity index (χ4v) is 7.89. The fourth-order valence-electron chi connectivity index (χ4n) is 6.98. The molecule has 0 aliphatic carbocycles. The molecule has 7 rings (SSSR count). The van der Waals surface area contributed by atoms with E-state index in [1.54, 1.807) is 42.2 Å². The van der Waals surface area contributed by atoms with Gasteiger partial charge in [0.05, 0.1) is 24.1 Å². The molecular formula is C41H37F2N5O6S. The van der Waals surface area contributed by atoms with Crippen LogP contribution in [0, 0.1) is 12.7 Å². The number of furan rings is 1. The second-order valence-electron chi connectivity index (χ2n) is 13.1. The van der Waals surface area contributed by atoms with Gasteiger partial charge < -0.3 is 19.1 Å². The Kier molecular flexibility index (Phi) is 10.3. The van der Waals surface area contributed by atoms with Crippen molar-refractivity contribution in [1.29, 1.82) is 0 Å². The lowest BCUT2D eigenvalue weighted by atomic mass is 9.92. The molecular weight excluding hydrogens is 729 g/mol. The molecule has 1 saturated heterocycles. The number of amides is 2. The van der Waals surface area contributed by atoms with Crippen LogP contribution in [-0.2, 0) is 10.0 Å². The highest BCUT2D eigenvalue weighted by Gasteiger charge is 2.29. The lowest BCUT2D eigenvalue weighted by Gasteiger charge is -2.30. The van der Waals surface area contributed by atoms with E-state index in [1.165, 1.54) is 37.4 Å². The van der Waals surface area contributed by atoms with Gasteiger partial charge in [0, 0.05) is 60.8 Å². The first-order valence-corrected chi connectivity index (χ1v) is 19.4. The zero-order valence-corrected chi connectivity index (χ0v) is 31.1. The Morgan fingerprint density at radius 3 is 2.24 bits per heavy atom. The van der Waals surface area contributed by atoms with E-state index in [-0.39, 0.29) is 28.5 Å². The minimum Gasteiger partial charge on any atom is -0.455 e. The molecule has 55 heavy (non-hydrogen) atoms. The summed E-state index contributed by atoms with van der Waals surface area (Å²) in [6, 6.07) is 25.0. The van der Waals surface area contributed by atoms with Crippen LogP contribution in [0.2, 0.25) is 0 Å². The quantitative estimate of drug-likeness (QED) is 0.152. The largest absolute Gasteiger partial charge is 0.455 e. The molecule has 6 aromatic rings. The summed E-state index contributed by atoms with van der Waals surface area (Å²) in [5.74, 6) is -0.179. The first-order valence-electron chi connectivity index (χ1n) is 17.6. The first kappa shape index (κ1) is 37.2. The van der Waals surface area contributed by atoms with Gasteiger partial charge in [0.15, 0.2) is 0 Å². The summed E-state index contributed by atoms with van der Waals surface area (Å²) >= 11 is 0. The lowest BCUT2D eigenvalue weighted by Crippen LogP contribution is -2.36. The van der Waals surface area contributed by atoms with Crippen molar-refractivity contribution in [3.05, 3.63) is 131 Å². The normalized spacial score (nSPS) is 13.3. The molecule has 1 fully saturated rings. The predicted octanol–water partition coefficient (Wildman–Crippen LogP) is 7.43. The van der Waals surface area contributed by atoms with E-state index in [1.807, 2.05) is 30.3 Å². The van der Waals surface area contributed by atoms with Crippen LogP contribution in [0.3, 0.4) is 0 Å². The molecule has 0 atom stereocenters. The molecule has 4 aromatic carbocycles. The van der Waals surface area contributed by atoms with Crippen LogP contribution in [0.25, 0.3) is 39.0 Å². The third-order valence-corrected chi connectivity index (χ3v) is 10.7. The van der Waals surface area contributed by atoms with Gasteiger partial charge in [0.25, 0.3) is 11.8 Å². The second kappa shape index (κ2) is 15.3. The van der Waals surface area contributed by atoms with Gasteiger partial charge in [0.2, 0.25) is 21.8 Å². The molecule has 0 saturated carbocycles. The molecule has 11 nitrogen and oxygen atoms in total. The number of halogens is 2. The fraction of sp³-hybridized carbons (Fsp3) is 0.220. The number of hydrogen-bond donors (Lipinski definition) is 1. The summed E-state index contributed by atoms with van der Waals surface area (Å²) in [4.78, 5) is 29.2. The molecule has 1 aliphatic rings. The van der Waals surface area contributed by atoms with Gasteiger partial charge in [-0.1, -0.05) is 48.0 Å². The smallest absolute Gasteiger partial charge is 0.255 e. The number of anilines is 1. The standard InChI is InChI=1S/C41H37F2N5O6S/c1-25-45-46-40(53-25)36(26-8-5-4-6-9-26)27-16-19-47(20-17-27)41(50)30-11-7-10-29(22-30)32-23-33-35(24-34(32)48(21-18-42)55(3,51)52)54-38(37(33)39(49)44-2)28-12-14-31(43)15-13-28/h4-15,22-24H,16-21H2,1-3H3,(H,44,49). The number of piperidine rings is 1. The summed E-state index contributed by atoms with van der Waals surface area (Å²) in [5.41, 5.74) is 4.83. The third kappa shape index (κ3) is 7.49. The number of aryl methyl sites for hydroxylation is 1. The van der Waals surface area contributed by atoms with Gasteiger partial charge in [0.1, 0.15) is 23.8 Å². The molecule has 0 spiro atoms. The number of rotatable bonds is 10. The van der Waals surface area contributed by atoms with E-state index < -0.39 is 35.0 Å². The van der Waals surface area contributed by atoms with Crippen LogP contribution in [0.1, 0.15) is 50.9 Å². The number of benzene rings is 4. The highest BCUT2D eigenvalue weighted by Crippen LogP contribution is 2.42. The average molecular weight is 766 g/mol. The van der Waals surface area contributed by atoms with Gasteiger partial charge >= 0.3 is 0 Å². The Bertz CT molecular complexity index is 2540. The van der Waals surface area contributed by atoms with Crippen LogP contribution in [0.15, 0.2) is 105 Å². The molecule has 1 aliphatic heterocycles. The van der Waals surface area contributed by atoms with Crippen molar-refractivity contribution in [3.8, 4) is 22.5 Å². The highest BCUT2D eigenvalue weighted by molar-refractivity contribution is 7.92. The van der Waals surface area contributed by atoms with Crippen molar-refractivity contribution in [2.75, 3.05) is 43.9 Å². The van der Waals surface area contributed by atoms with Gasteiger partial charge in [-0.3, -0.25) is 13.9 Å². The summed E-state index contributed by atoms with van der Waals surface area (Å²) in [7, 11) is -2.56. The maximum Gasteiger partial charge on any atom is 0.255 e. The molecule has 2 amide bonds. The summed E-state index contributed by atoms with van der Waals surface area (Å²) in [6.45, 7) is 1.12. The van der Waals surface area contributed by atoms with Crippen molar-refractivity contribution < 1.29 is 35.6 Å². The van der Waals surface area contributed by atoms with Crippen molar-refractivity contribution in [3.63, 3.8) is 0 Å². The Hall–Kier alpha value is -6.15. The van der Waals surface area contributed by atoms with Gasteiger partial charge in [-0.15, -0.1) is 10.2 Å².